The summed E-state index contributed by atoms with van der Waals surface area (Å²) in [6, 6.07) is 7.20. The Bertz CT molecular complexity index is 347. The second-order valence-electron chi connectivity index (χ2n) is 3.30. The van der Waals surface area contributed by atoms with Gasteiger partial charge in [-0.2, -0.15) is 0 Å². The first-order valence-corrected chi connectivity index (χ1v) is 4.98. The highest BCUT2D eigenvalue weighted by Crippen LogP contribution is 2.10. The van der Waals surface area contributed by atoms with E-state index in [4.69, 9.17) is 5.73 Å². The summed E-state index contributed by atoms with van der Waals surface area (Å²) in [5.41, 5.74) is 6.64. The lowest BCUT2D eigenvalue weighted by Gasteiger charge is -2.06. The molecule has 80 valence electrons. The summed E-state index contributed by atoms with van der Waals surface area (Å²) >= 11 is 0. The first-order valence-electron chi connectivity index (χ1n) is 4.98. The molecule has 1 rings (SSSR count). The average molecular weight is 204 g/mol. The standard InChI is InChI=1S/C12H16N2O/c1-2-3-4-8-14-11-7-5-6-10(9-11)12(13)15/h2,5-7,9,14H,1,3-4,8H2,(H2,13,15). The largest absolute Gasteiger partial charge is 0.385 e. The van der Waals surface area contributed by atoms with Crippen LogP contribution in [0.4, 0.5) is 5.69 Å². The Labute approximate surface area is 90.0 Å². The highest BCUT2D eigenvalue weighted by atomic mass is 16.1. The molecule has 15 heavy (non-hydrogen) atoms. The molecular weight excluding hydrogens is 188 g/mol. The van der Waals surface area contributed by atoms with Crippen molar-refractivity contribution in [2.24, 2.45) is 5.73 Å². The minimum absolute atomic E-state index is 0.398. The second-order valence-corrected chi connectivity index (χ2v) is 3.30. The molecule has 3 heteroatoms. The Balaban J connectivity index is 2.50. The second kappa shape index (κ2) is 5.86. The number of nitrogens with one attached hydrogen (secondary N) is 1. The normalized spacial score (nSPS) is 9.60. The minimum atomic E-state index is -0.398. The van der Waals surface area contributed by atoms with E-state index in [1.54, 1.807) is 12.1 Å². The number of hydrogen-bond acceptors (Lipinski definition) is 2. The third-order valence-electron chi connectivity index (χ3n) is 2.06. The maximum absolute atomic E-state index is 10.9. The van der Waals surface area contributed by atoms with Crippen molar-refractivity contribution in [3.8, 4) is 0 Å². The maximum atomic E-state index is 10.9. The van der Waals surface area contributed by atoms with Crippen LogP contribution in [-0.4, -0.2) is 12.5 Å². The van der Waals surface area contributed by atoms with E-state index in [1.807, 2.05) is 18.2 Å². The van der Waals surface area contributed by atoms with Gasteiger partial charge in [-0.25, -0.2) is 0 Å². The zero-order chi connectivity index (χ0) is 11.1. The predicted molar refractivity (Wildman–Crippen MR) is 62.9 cm³/mol. The number of amides is 1. The molecule has 0 aliphatic heterocycles. The van der Waals surface area contributed by atoms with Gasteiger partial charge in [0.2, 0.25) is 5.91 Å². The lowest BCUT2D eigenvalue weighted by molar-refractivity contribution is 0.100. The summed E-state index contributed by atoms with van der Waals surface area (Å²) in [6.45, 7) is 4.52. The molecule has 0 atom stereocenters. The Morgan fingerprint density at radius 3 is 3.00 bits per heavy atom. The topological polar surface area (TPSA) is 55.1 Å². The molecule has 1 aromatic rings. The summed E-state index contributed by atoms with van der Waals surface area (Å²) in [5.74, 6) is -0.398. The smallest absolute Gasteiger partial charge is 0.248 e. The fraction of sp³-hybridized carbons (Fsp3) is 0.250. The molecule has 0 fully saturated rings. The van der Waals surface area contributed by atoms with E-state index in [1.165, 1.54) is 0 Å². The fourth-order valence-electron chi connectivity index (χ4n) is 1.26. The van der Waals surface area contributed by atoms with Gasteiger partial charge in [-0.1, -0.05) is 12.1 Å². The molecule has 1 aromatic carbocycles. The molecule has 0 bridgehead atoms. The van der Waals surface area contributed by atoms with Crippen LogP contribution in [-0.2, 0) is 0 Å². The van der Waals surface area contributed by atoms with Crippen LogP contribution in [0.15, 0.2) is 36.9 Å². The van der Waals surface area contributed by atoms with Gasteiger partial charge in [-0.3, -0.25) is 4.79 Å². The molecule has 0 heterocycles. The molecule has 0 saturated carbocycles. The van der Waals surface area contributed by atoms with Crippen molar-refractivity contribution in [3.63, 3.8) is 0 Å². The van der Waals surface area contributed by atoms with Crippen molar-refractivity contribution in [1.82, 2.24) is 0 Å². The first-order chi connectivity index (χ1) is 7.24. The molecule has 0 aliphatic carbocycles. The maximum Gasteiger partial charge on any atom is 0.248 e. The number of nitrogens with two attached hydrogens (primary N) is 1. The van der Waals surface area contributed by atoms with E-state index in [2.05, 4.69) is 11.9 Å². The monoisotopic (exact) mass is 204 g/mol. The summed E-state index contributed by atoms with van der Waals surface area (Å²) in [6.07, 6.45) is 3.91. The zero-order valence-corrected chi connectivity index (χ0v) is 8.70. The summed E-state index contributed by atoms with van der Waals surface area (Å²) in [5, 5.41) is 3.22. The van der Waals surface area contributed by atoms with Crippen molar-refractivity contribution in [3.05, 3.63) is 42.5 Å². The molecule has 1 amide bonds. The van der Waals surface area contributed by atoms with Gasteiger partial charge in [0.15, 0.2) is 0 Å². The van der Waals surface area contributed by atoms with E-state index in [-0.39, 0.29) is 0 Å². The van der Waals surface area contributed by atoms with Gasteiger partial charge in [0, 0.05) is 17.8 Å². The number of carbonyl (C=O) groups excluding carboxylic acids is 1. The fourth-order valence-corrected chi connectivity index (χ4v) is 1.26. The molecule has 3 nitrogen and oxygen atoms in total. The van der Waals surface area contributed by atoms with Crippen LogP contribution in [0.2, 0.25) is 0 Å². The van der Waals surface area contributed by atoms with E-state index in [9.17, 15) is 4.79 Å². The Morgan fingerprint density at radius 1 is 1.53 bits per heavy atom. The third kappa shape index (κ3) is 3.85. The lowest BCUT2D eigenvalue weighted by atomic mass is 10.2. The van der Waals surface area contributed by atoms with Gasteiger partial charge >= 0.3 is 0 Å². The Morgan fingerprint density at radius 2 is 2.33 bits per heavy atom. The van der Waals surface area contributed by atoms with Crippen LogP contribution in [0.3, 0.4) is 0 Å². The van der Waals surface area contributed by atoms with Gasteiger partial charge < -0.3 is 11.1 Å². The number of anilines is 1. The summed E-state index contributed by atoms with van der Waals surface area (Å²) in [4.78, 5) is 10.9. The Hall–Kier alpha value is -1.77. The van der Waals surface area contributed by atoms with Crippen LogP contribution in [0, 0.1) is 0 Å². The molecule has 0 radical (unpaired) electrons. The van der Waals surface area contributed by atoms with Crippen LogP contribution < -0.4 is 11.1 Å². The molecule has 0 spiro atoms. The summed E-state index contributed by atoms with van der Waals surface area (Å²) in [7, 11) is 0. The van der Waals surface area contributed by atoms with Gasteiger partial charge in [0.05, 0.1) is 0 Å². The number of rotatable bonds is 6. The molecule has 0 aromatic heterocycles. The quantitative estimate of drug-likeness (QED) is 0.551. The van der Waals surface area contributed by atoms with Crippen molar-refractivity contribution in [2.45, 2.75) is 12.8 Å². The Kier molecular flexibility index (Phi) is 4.41. The van der Waals surface area contributed by atoms with Crippen molar-refractivity contribution in [2.75, 3.05) is 11.9 Å². The first kappa shape index (κ1) is 11.3. The van der Waals surface area contributed by atoms with Gasteiger partial charge in [0.25, 0.3) is 0 Å². The van der Waals surface area contributed by atoms with Gasteiger partial charge in [-0.15, -0.1) is 6.58 Å². The van der Waals surface area contributed by atoms with Crippen LogP contribution in [0.5, 0.6) is 0 Å². The number of hydrogen-bond donors (Lipinski definition) is 2. The van der Waals surface area contributed by atoms with Crippen molar-refractivity contribution >= 4 is 11.6 Å². The number of allylic oxidation sites excluding steroid dienone is 1. The van der Waals surface area contributed by atoms with Crippen LogP contribution in [0.25, 0.3) is 0 Å². The van der Waals surface area contributed by atoms with Gasteiger partial charge in [-0.05, 0) is 31.0 Å². The number of benzene rings is 1. The number of unbranched alkanes of at least 4 members (excludes halogenated alkanes) is 1. The van der Waals surface area contributed by atoms with Crippen molar-refractivity contribution in [1.29, 1.82) is 0 Å². The molecule has 0 unspecified atom stereocenters. The van der Waals surface area contributed by atoms with E-state index in [0.717, 1.165) is 25.1 Å². The molecule has 0 aliphatic rings. The van der Waals surface area contributed by atoms with Crippen molar-refractivity contribution < 1.29 is 4.79 Å². The van der Waals surface area contributed by atoms with E-state index >= 15 is 0 Å². The van der Waals surface area contributed by atoms with Crippen LogP contribution in [0.1, 0.15) is 23.2 Å². The highest BCUT2D eigenvalue weighted by molar-refractivity contribution is 5.93. The molecular formula is C12H16N2O. The summed E-state index contributed by atoms with van der Waals surface area (Å²) < 4.78 is 0. The van der Waals surface area contributed by atoms with Gasteiger partial charge in [0.1, 0.15) is 0 Å². The SMILES string of the molecule is C=CCCCNc1cccc(C(N)=O)c1. The van der Waals surface area contributed by atoms with E-state index < -0.39 is 5.91 Å². The number of carbonyl (C=O) groups is 1. The van der Waals surface area contributed by atoms with Crippen LogP contribution >= 0.6 is 0 Å². The molecule has 3 N–H and O–H groups in total. The number of primary amides is 1. The highest BCUT2D eigenvalue weighted by Gasteiger charge is 1.99. The predicted octanol–water partition coefficient (Wildman–Crippen LogP) is 2.16. The minimum Gasteiger partial charge on any atom is -0.385 e. The lowest BCUT2D eigenvalue weighted by Crippen LogP contribution is -2.11. The molecule has 0 saturated heterocycles. The zero-order valence-electron chi connectivity index (χ0n) is 8.70. The third-order valence-corrected chi connectivity index (χ3v) is 2.06. The average Bonchev–Trinajstić information content (AvgIpc) is 2.25. The van der Waals surface area contributed by atoms with E-state index in [0.29, 0.717) is 5.56 Å².